The smallest absolute Gasteiger partial charge is 0.106 e. The topological polar surface area (TPSA) is 38.0 Å². The van der Waals surface area contributed by atoms with Crippen LogP contribution in [0, 0.1) is 0 Å². The van der Waals surface area contributed by atoms with Crippen molar-refractivity contribution in [2.24, 2.45) is 5.73 Å². The van der Waals surface area contributed by atoms with Crippen LogP contribution in [-0.2, 0) is 0 Å². The largest absolute Gasteiger partial charge is 0.389 e. The van der Waals surface area contributed by atoms with Crippen LogP contribution >= 0.6 is 23.8 Å². The monoisotopic (exact) mass is 312 g/mol. The zero-order valence-electron chi connectivity index (χ0n) is 11.1. The van der Waals surface area contributed by atoms with Gasteiger partial charge < -0.3 is 11.1 Å². The molecule has 0 spiro atoms. The third-order valence-electron chi connectivity index (χ3n) is 3.28. The van der Waals surface area contributed by atoms with Gasteiger partial charge in [0.05, 0.1) is 0 Å². The molecule has 2 nitrogen and oxygen atoms in total. The highest BCUT2D eigenvalue weighted by Gasteiger charge is 2.07. The Bertz CT molecular complexity index is 830. The molecule has 0 saturated heterocycles. The van der Waals surface area contributed by atoms with Crippen LogP contribution in [0.4, 0.5) is 11.4 Å². The van der Waals surface area contributed by atoms with E-state index in [2.05, 4.69) is 29.6 Å². The second-order valence-electron chi connectivity index (χ2n) is 4.74. The third kappa shape index (κ3) is 2.99. The van der Waals surface area contributed by atoms with Gasteiger partial charge >= 0.3 is 0 Å². The SMILES string of the molecule is NC(=S)c1cc(Cl)ccc1Nc1ccc2ccccc2c1. The molecule has 0 aliphatic rings. The minimum atomic E-state index is 0.320. The highest BCUT2D eigenvalue weighted by atomic mass is 35.5. The maximum atomic E-state index is 6.00. The summed E-state index contributed by atoms with van der Waals surface area (Å²) in [7, 11) is 0. The van der Waals surface area contributed by atoms with E-state index in [9.17, 15) is 0 Å². The van der Waals surface area contributed by atoms with Crippen LogP contribution in [-0.4, -0.2) is 4.99 Å². The zero-order valence-corrected chi connectivity index (χ0v) is 12.7. The van der Waals surface area contributed by atoms with Crippen LogP contribution < -0.4 is 11.1 Å². The Morgan fingerprint density at radius 2 is 1.71 bits per heavy atom. The van der Waals surface area contributed by atoms with Crippen LogP contribution in [0.3, 0.4) is 0 Å². The summed E-state index contributed by atoms with van der Waals surface area (Å²) in [6.07, 6.45) is 0. The van der Waals surface area contributed by atoms with Gasteiger partial charge in [0.25, 0.3) is 0 Å². The summed E-state index contributed by atoms with van der Waals surface area (Å²) in [5.41, 5.74) is 8.33. The summed E-state index contributed by atoms with van der Waals surface area (Å²) < 4.78 is 0. The van der Waals surface area contributed by atoms with Gasteiger partial charge in [0, 0.05) is 22.0 Å². The molecular weight excluding hydrogens is 300 g/mol. The van der Waals surface area contributed by atoms with Gasteiger partial charge in [-0.05, 0) is 41.1 Å². The zero-order chi connectivity index (χ0) is 14.8. The molecule has 0 aliphatic carbocycles. The average molecular weight is 313 g/mol. The summed E-state index contributed by atoms with van der Waals surface area (Å²) in [6.45, 7) is 0. The Morgan fingerprint density at radius 3 is 2.48 bits per heavy atom. The van der Waals surface area contributed by atoms with Crippen molar-refractivity contribution >= 4 is 51.0 Å². The first kappa shape index (κ1) is 13.9. The van der Waals surface area contributed by atoms with Gasteiger partial charge in [0.1, 0.15) is 4.99 Å². The summed E-state index contributed by atoms with van der Waals surface area (Å²) in [4.78, 5) is 0.320. The van der Waals surface area contributed by atoms with Crippen molar-refractivity contribution in [2.75, 3.05) is 5.32 Å². The number of anilines is 2. The first-order valence-electron chi connectivity index (χ1n) is 6.49. The molecule has 3 N–H and O–H groups in total. The summed E-state index contributed by atoms with van der Waals surface area (Å²) in [5, 5.41) is 6.34. The fourth-order valence-corrected chi connectivity index (χ4v) is 2.59. The average Bonchev–Trinajstić information content (AvgIpc) is 2.49. The highest BCUT2D eigenvalue weighted by molar-refractivity contribution is 7.80. The summed E-state index contributed by atoms with van der Waals surface area (Å²) in [5.74, 6) is 0. The van der Waals surface area contributed by atoms with Crippen molar-refractivity contribution in [3.05, 3.63) is 71.2 Å². The van der Waals surface area contributed by atoms with Crippen molar-refractivity contribution in [1.82, 2.24) is 0 Å². The number of benzene rings is 3. The van der Waals surface area contributed by atoms with Crippen molar-refractivity contribution in [3.8, 4) is 0 Å². The highest BCUT2D eigenvalue weighted by Crippen LogP contribution is 2.26. The second kappa shape index (κ2) is 5.72. The molecule has 4 heteroatoms. The lowest BCUT2D eigenvalue weighted by Gasteiger charge is -2.12. The van der Waals surface area contributed by atoms with E-state index in [0.29, 0.717) is 10.0 Å². The molecule has 0 fully saturated rings. The maximum Gasteiger partial charge on any atom is 0.106 e. The molecular formula is C17H13ClN2S. The Balaban J connectivity index is 2.00. The Kier molecular flexibility index (Phi) is 3.78. The molecule has 0 heterocycles. The normalized spacial score (nSPS) is 10.5. The van der Waals surface area contributed by atoms with Gasteiger partial charge in [-0.25, -0.2) is 0 Å². The molecule has 3 aromatic carbocycles. The molecule has 21 heavy (non-hydrogen) atoms. The van der Waals surface area contributed by atoms with E-state index in [4.69, 9.17) is 29.6 Å². The lowest BCUT2D eigenvalue weighted by molar-refractivity contribution is 1.53. The van der Waals surface area contributed by atoms with E-state index in [-0.39, 0.29) is 0 Å². The summed E-state index contributed by atoms with van der Waals surface area (Å²) >= 11 is 11.1. The minimum Gasteiger partial charge on any atom is -0.389 e. The fraction of sp³-hybridized carbons (Fsp3) is 0. The van der Waals surface area contributed by atoms with E-state index in [1.54, 1.807) is 6.07 Å². The predicted molar refractivity (Wildman–Crippen MR) is 94.6 cm³/mol. The number of halogens is 1. The van der Waals surface area contributed by atoms with Gasteiger partial charge in [-0.15, -0.1) is 0 Å². The fourth-order valence-electron chi connectivity index (χ4n) is 2.25. The number of hydrogen-bond donors (Lipinski definition) is 2. The first-order valence-corrected chi connectivity index (χ1v) is 7.27. The number of rotatable bonds is 3. The van der Waals surface area contributed by atoms with E-state index in [0.717, 1.165) is 16.9 Å². The number of fused-ring (bicyclic) bond motifs is 1. The minimum absolute atomic E-state index is 0.320. The van der Waals surface area contributed by atoms with Crippen LogP contribution in [0.2, 0.25) is 5.02 Å². The van der Waals surface area contributed by atoms with E-state index >= 15 is 0 Å². The molecule has 0 bridgehead atoms. The molecule has 0 radical (unpaired) electrons. The van der Waals surface area contributed by atoms with Crippen LogP contribution in [0.15, 0.2) is 60.7 Å². The number of thiocarbonyl (C=S) groups is 1. The Hall–Kier alpha value is -2.10. The second-order valence-corrected chi connectivity index (χ2v) is 5.62. The lowest BCUT2D eigenvalue weighted by atomic mass is 10.1. The van der Waals surface area contributed by atoms with Gasteiger partial charge in [-0.3, -0.25) is 0 Å². The molecule has 3 aromatic rings. The van der Waals surface area contributed by atoms with Crippen molar-refractivity contribution in [2.45, 2.75) is 0 Å². The molecule has 0 aliphatic heterocycles. The van der Waals surface area contributed by atoms with Crippen LogP contribution in [0.25, 0.3) is 10.8 Å². The first-order chi connectivity index (χ1) is 10.1. The molecule has 3 rings (SSSR count). The number of hydrogen-bond acceptors (Lipinski definition) is 2. The lowest BCUT2D eigenvalue weighted by Crippen LogP contribution is -2.11. The van der Waals surface area contributed by atoms with Crippen LogP contribution in [0.1, 0.15) is 5.56 Å². The Morgan fingerprint density at radius 1 is 0.952 bits per heavy atom. The Labute approximate surface area is 133 Å². The van der Waals surface area contributed by atoms with Gasteiger partial charge in [0.2, 0.25) is 0 Å². The number of nitrogens with one attached hydrogen (secondary N) is 1. The quantitative estimate of drug-likeness (QED) is 0.677. The van der Waals surface area contributed by atoms with Crippen molar-refractivity contribution in [3.63, 3.8) is 0 Å². The van der Waals surface area contributed by atoms with Crippen LogP contribution in [0.5, 0.6) is 0 Å². The predicted octanol–water partition coefficient (Wildman–Crippen LogP) is 4.87. The molecule has 0 amide bonds. The molecule has 0 atom stereocenters. The third-order valence-corrected chi connectivity index (χ3v) is 3.73. The van der Waals surface area contributed by atoms with Gasteiger partial charge in [-0.1, -0.05) is 54.2 Å². The van der Waals surface area contributed by atoms with E-state index < -0.39 is 0 Å². The van der Waals surface area contributed by atoms with Gasteiger partial charge in [-0.2, -0.15) is 0 Å². The molecule has 104 valence electrons. The molecule has 0 unspecified atom stereocenters. The van der Waals surface area contributed by atoms with Crippen molar-refractivity contribution in [1.29, 1.82) is 0 Å². The summed E-state index contributed by atoms with van der Waals surface area (Å²) in [6, 6.07) is 19.9. The number of nitrogens with two attached hydrogens (primary N) is 1. The maximum absolute atomic E-state index is 6.00. The standard InChI is InChI=1S/C17H13ClN2S/c18-13-6-8-16(15(10-13)17(19)21)20-14-7-5-11-3-1-2-4-12(11)9-14/h1-10,20H,(H2,19,21). The van der Waals surface area contributed by atoms with E-state index in [1.165, 1.54) is 10.8 Å². The van der Waals surface area contributed by atoms with Gasteiger partial charge in [0.15, 0.2) is 0 Å². The molecule has 0 aromatic heterocycles. The molecule has 0 saturated carbocycles. The van der Waals surface area contributed by atoms with Crippen molar-refractivity contribution < 1.29 is 0 Å². The van der Waals surface area contributed by atoms with E-state index in [1.807, 2.05) is 30.3 Å².